The van der Waals surface area contributed by atoms with E-state index in [2.05, 4.69) is 31.1 Å². The summed E-state index contributed by atoms with van der Waals surface area (Å²) in [6.07, 6.45) is 1.89. The molecule has 0 bridgehead atoms. The third kappa shape index (κ3) is 5.17. The van der Waals surface area contributed by atoms with Crippen molar-refractivity contribution in [2.75, 3.05) is 26.6 Å². The summed E-state index contributed by atoms with van der Waals surface area (Å²) in [7, 11) is -0.668. The zero-order chi connectivity index (χ0) is 27.4. The van der Waals surface area contributed by atoms with Crippen LogP contribution in [-0.2, 0) is 29.7 Å². The third-order valence-electron chi connectivity index (χ3n) is 6.10. The van der Waals surface area contributed by atoms with Gasteiger partial charge in [0, 0.05) is 43.4 Å². The molecule has 200 valence electrons. The second kappa shape index (κ2) is 11.1. The molecule has 0 aliphatic heterocycles. The molecule has 0 spiro atoms. The van der Waals surface area contributed by atoms with Gasteiger partial charge in [0.25, 0.3) is 5.91 Å². The average molecular weight is 542 g/mol. The number of tetrazole rings is 1. The zero-order valence-corrected chi connectivity index (χ0v) is 22.4. The first-order chi connectivity index (χ1) is 18.2. The number of esters is 1. The summed E-state index contributed by atoms with van der Waals surface area (Å²) < 4.78 is 28.9. The van der Waals surface area contributed by atoms with Gasteiger partial charge in [0.15, 0.2) is 0 Å². The van der Waals surface area contributed by atoms with Crippen molar-refractivity contribution in [2.45, 2.75) is 26.2 Å². The molecule has 2 aromatic heterocycles. The van der Waals surface area contributed by atoms with E-state index in [4.69, 9.17) is 13.8 Å². The first-order valence-corrected chi connectivity index (χ1v) is 13.1. The molecule has 13 nitrogen and oxygen atoms in total. The summed E-state index contributed by atoms with van der Waals surface area (Å²) in [4.78, 5) is 28.7. The highest BCUT2D eigenvalue weighted by atomic mass is 31.2. The minimum Gasteiger partial charge on any atom is -0.467 e. The molecular formula is C24H28N7O6P. The normalized spacial score (nSPS) is 12.3. The molecule has 38 heavy (non-hydrogen) atoms. The van der Waals surface area contributed by atoms with Gasteiger partial charge in [0.05, 0.1) is 12.8 Å². The number of carbonyl (C=O) groups excluding carboxylic acids is 2. The van der Waals surface area contributed by atoms with Gasteiger partial charge in [-0.05, 0) is 65.2 Å². The van der Waals surface area contributed by atoms with Crippen molar-refractivity contribution in [1.29, 1.82) is 0 Å². The second-order valence-corrected chi connectivity index (χ2v) is 10.7. The van der Waals surface area contributed by atoms with Crippen LogP contribution in [0.3, 0.4) is 0 Å². The molecule has 0 radical (unpaired) electrons. The summed E-state index contributed by atoms with van der Waals surface area (Å²) in [5.41, 5.74) is 4.15. The van der Waals surface area contributed by atoms with E-state index in [1.807, 2.05) is 30.5 Å². The lowest BCUT2D eigenvalue weighted by molar-refractivity contribution is -0.141. The number of nitrogens with one attached hydrogen (secondary N) is 3. The number of anilines is 1. The van der Waals surface area contributed by atoms with Crippen LogP contribution in [-0.4, -0.2) is 64.2 Å². The maximum atomic E-state index is 13.2. The van der Waals surface area contributed by atoms with Crippen LogP contribution in [0.5, 0.6) is 0 Å². The third-order valence-corrected chi connectivity index (χ3v) is 8.09. The fourth-order valence-electron chi connectivity index (χ4n) is 4.23. The standard InChI is InChI=1S/C24H28N7O6P/c1-14-11-17(12-15(2)20(14)21(32)27-22(23(33)35-3)38(34,36-4)37-5)31-24(28-29-30-31)26-13-16-7-6-8-19-18(16)9-10-25-19/h6-12,22,25H,13H2,1-5H3,(H,27,32)(H,26,28,30). The summed E-state index contributed by atoms with van der Waals surface area (Å²) in [6.45, 7) is 3.95. The summed E-state index contributed by atoms with van der Waals surface area (Å²) >= 11 is 0. The Balaban J connectivity index is 1.58. The highest BCUT2D eigenvalue weighted by Crippen LogP contribution is 2.51. The van der Waals surface area contributed by atoms with Crippen molar-refractivity contribution < 1.29 is 27.9 Å². The van der Waals surface area contributed by atoms with Gasteiger partial charge < -0.3 is 29.4 Å². The highest BCUT2D eigenvalue weighted by Gasteiger charge is 2.42. The maximum absolute atomic E-state index is 13.2. The number of H-pyrrole nitrogens is 1. The number of ether oxygens (including phenoxy) is 1. The quantitative estimate of drug-likeness (QED) is 0.201. The number of carbonyl (C=O) groups is 2. The molecule has 4 rings (SSSR count). The fraction of sp³-hybridized carbons (Fsp3) is 0.292. The monoisotopic (exact) mass is 541 g/mol. The van der Waals surface area contributed by atoms with E-state index in [0.29, 0.717) is 29.3 Å². The van der Waals surface area contributed by atoms with E-state index in [1.54, 1.807) is 26.0 Å². The molecule has 1 atom stereocenters. The van der Waals surface area contributed by atoms with Gasteiger partial charge in [-0.2, -0.15) is 4.68 Å². The number of hydrogen-bond acceptors (Lipinski definition) is 10. The first kappa shape index (κ1) is 27.0. The molecule has 14 heteroatoms. The Hall–Kier alpha value is -4.06. The molecule has 0 saturated carbocycles. The SMILES string of the molecule is COC(=O)C(NC(=O)c1c(C)cc(-n2nnnc2NCc2cccc3[nH]ccc23)cc1C)P(=O)(OC)OC. The number of aryl methyl sites for hydroxylation is 2. The van der Waals surface area contributed by atoms with Crippen LogP contribution in [0.4, 0.5) is 5.95 Å². The van der Waals surface area contributed by atoms with Crippen molar-refractivity contribution in [3.05, 3.63) is 64.8 Å². The number of aromatic amines is 1. The van der Waals surface area contributed by atoms with Crippen LogP contribution in [0.2, 0.25) is 0 Å². The van der Waals surface area contributed by atoms with Gasteiger partial charge >= 0.3 is 13.6 Å². The average Bonchev–Trinajstić information content (AvgIpc) is 3.59. The minimum absolute atomic E-state index is 0.281. The molecule has 4 aromatic rings. The number of rotatable bonds is 10. The predicted octanol–water partition coefficient (Wildman–Crippen LogP) is 3.09. The number of methoxy groups -OCH3 is 1. The van der Waals surface area contributed by atoms with Crippen LogP contribution >= 0.6 is 7.60 Å². The van der Waals surface area contributed by atoms with Crippen LogP contribution in [0.1, 0.15) is 27.0 Å². The molecular weight excluding hydrogens is 513 g/mol. The van der Waals surface area contributed by atoms with Gasteiger partial charge in [-0.3, -0.25) is 9.36 Å². The van der Waals surface area contributed by atoms with Crippen molar-refractivity contribution in [2.24, 2.45) is 0 Å². The second-order valence-electron chi connectivity index (χ2n) is 8.38. The molecule has 3 N–H and O–H groups in total. The van der Waals surface area contributed by atoms with Crippen molar-refractivity contribution in [3.63, 3.8) is 0 Å². The van der Waals surface area contributed by atoms with Gasteiger partial charge in [-0.15, -0.1) is 0 Å². The molecule has 0 saturated heterocycles. The number of fused-ring (bicyclic) bond motifs is 1. The van der Waals surface area contributed by atoms with Gasteiger partial charge in [0.2, 0.25) is 11.7 Å². The molecule has 2 aromatic carbocycles. The Bertz CT molecular complexity index is 1500. The molecule has 1 amide bonds. The lowest BCUT2D eigenvalue weighted by atomic mass is 10.0. The smallest absolute Gasteiger partial charge is 0.363 e. The predicted molar refractivity (Wildman–Crippen MR) is 139 cm³/mol. The lowest BCUT2D eigenvalue weighted by Crippen LogP contribution is -2.42. The fourth-order valence-corrected chi connectivity index (χ4v) is 5.44. The lowest BCUT2D eigenvalue weighted by Gasteiger charge is -2.24. The summed E-state index contributed by atoms with van der Waals surface area (Å²) in [6, 6.07) is 11.5. The Morgan fingerprint density at radius 2 is 1.82 bits per heavy atom. The first-order valence-electron chi connectivity index (χ1n) is 11.5. The topological polar surface area (TPSA) is 162 Å². The van der Waals surface area contributed by atoms with Gasteiger partial charge in [-0.25, -0.2) is 4.79 Å². The number of hydrogen-bond donors (Lipinski definition) is 3. The zero-order valence-electron chi connectivity index (χ0n) is 21.5. The minimum atomic E-state index is -4.02. The van der Waals surface area contributed by atoms with Crippen molar-refractivity contribution >= 4 is 36.3 Å². The number of aromatic nitrogens is 5. The Morgan fingerprint density at radius 1 is 1.11 bits per heavy atom. The molecule has 0 fully saturated rings. The molecule has 1 unspecified atom stereocenters. The summed E-state index contributed by atoms with van der Waals surface area (Å²) in [5.74, 6) is -2.84. The Kier molecular flexibility index (Phi) is 7.91. The van der Waals surface area contributed by atoms with E-state index < -0.39 is 25.3 Å². The van der Waals surface area contributed by atoms with Crippen LogP contribution in [0.25, 0.3) is 16.6 Å². The molecule has 2 heterocycles. The maximum Gasteiger partial charge on any atom is 0.363 e. The molecule has 0 aliphatic rings. The van der Waals surface area contributed by atoms with E-state index in [-0.39, 0.29) is 5.56 Å². The van der Waals surface area contributed by atoms with Crippen LogP contribution in [0, 0.1) is 13.8 Å². The van der Waals surface area contributed by atoms with E-state index in [1.165, 1.54) is 4.68 Å². The Labute approximate surface area is 218 Å². The van der Waals surface area contributed by atoms with Gasteiger partial charge in [-0.1, -0.05) is 17.2 Å². The van der Waals surface area contributed by atoms with E-state index >= 15 is 0 Å². The van der Waals surface area contributed by atoms with E-state index in [0.717, 1.165) is 37.8 Å². The number of nitrogens with zero attached hydrogens (tertiary/aromatic N) is 4. The Morgan fingerprint density at radius 3 is 2.47 bits per heavy atom. The van der Waals surface area contributed by atoms with E-state index in [9.17, 15) is 14.2 Å². The van der Waals surface area contributed by atoms with Crippen LogP contribution in [0.15, 0.2) is 42.6 Å². The number of amides is 1. The van der Waals surface area contributed by atoms with Crippen LogP contribution < -0.4 is 10.6 Å². The number of benzene rings is 2. The highest BCUT2D eigenvalue weighted by molar-refractivity contribution is 7.55. The molecule has 0 aliphatic carbocycles. The van der Waals surface area contributed by atoms with Gasteiger partial charge in [0.1, 0.15) is 0 Å². The van der Waals surface area contributed by atoms with Crippen molar-refractivity contribution in [3.8, 4) is 5.69 Å². The summed E-state index contributed by atoms with van der Waals surface area (Å²) in [5, 5.41) is 18.8. The largest absolute Gasteiger partial charge is 0.467 e. The van der Waals surface area contributed by atoms with Crippen molar-refractivity contribution in [1.82, 2.24) is 30.5 Å².